The number of hydrogen-bond donors (Lipinski definition) is 3. The lowest BCUT2D eigenvalue weighted by Crippen LogP contribution is -2.66. The summed E-state index contributed by atoms with van der Waals surface area (Å²) >= 11 is 0. The number of carbonyl (C=O) groups is 1. The fourth-order valence-corrected chi connectivity index (χ4v) is 9.99. The van der Waals surface area contributed by atoms with Crippen molar-refractivity contribution >= 4 is 5.78 Å². The summed E-state index contributed by atoms with van der Waals surface area (Å²) in [6.07, 6.45) is 10.2. The molecule has 0 amide bonds. The second-order valence-electron chi connectivity index (χ2n) is 14.7. The number of aliphatic hydroxyl groups is 3. The largest absolute Gasteiger partial charge is 0.393 e. The molecule has 0 aromatic rings. The SMILES string of the molecule is CC(C)(O)C=CCC(C)(O)C1CCC2(C)C1C(O)CC1C3(C)CCC(=O)C(C)(C)C3CCC12C. The monoisotopic (exact) mass is 474 g/mol. The number of rotatable bonds is 4. The van der Waals surface area contributed by atoms with E-state index in [1.165, 1.54) is 0 Å². The van der Waals surface area contributed by atoms with Crippen LogP contribution in [0.2, 0.25) is 0 Å². The molecule has 194 valence electrons. The third kappa shape index (κ3) is 3.68. The molecule has 0 spiro atoms. The molecule has 4 rings (SSSR count). The molecule has 0 bridgehead atoms. The molecule has 4 nitrogen and oxygen atoms in total. The van der Waals surface area contributed by atoms with Gasteiger partial charge in [0.1, 0.15) is 5.78 Å². The highest BCUT2D eigenvalue weighted by Crippen LogP contribution is 2.75. The standard InChI is InChI=1S/C30H50O4/c1-25(2,33)13-9-14-30(8,34)19-10-16-29(7)24(19)20(31)18-22-27(5)15-12-23(32)26(3,4)21(27)11-17-28(22,29)6/h9,13,19-22,24,31,33-34H,10-12,14-18H2,1-8H3. The molecule has 0 aromatic heterocycles. The van der Waals surface area contributed by atoms with Gasteiger partial charge in [0, 0.05) is 11.8 Å². The second kappa shape index (κ2) is 7.89. The van der Waals surface area contributed by atoms with Crippen molar-refractivity contribution in [2.45, 2.75) is 124 Å². The molecule has 3 N–H and O–H groups in total. The number of Topliss-reactive ketones (excluding diaryl/α,β-unsaturated/α-hetero) is 1. The first-order valence-corrected chi connectivity index (χ1v) is 13.7. The van der Waals surface area contributed by atoms with E-state index in [1.54, 1.807) is 19.9 Å². The number of fused-ring (bicyclic) bond motifs is 5. The van der Waals surface area contributed by atoms with Crippen LogP contribution in [0.4, 0.5) is 0 Å². The highest BCUT2D eigenvalue weighted by Gasteiger charge is 2.71. The Morgan fingerprint density at radius 2 is 1.56 bits per heavy atom. The molecule has 0 radical (unpaired) electrons. The second-order valence-corrected chi connectivity index (χ2v) is 14.7. The zero-order valence-electron chi connectivity index (χ0n) is 22.9. The summed E-state index contributed by atoms with van der Waals surface area (Å²) in [5.74, 6) is 1.28. The average Bonchev–Trinajstić information content (AvgIpc) is 3.07. The van der Waals surface area contributed by atoms with Gasteiger partial charge in [-0.05, 0) is 106 Å². The minimum atomic E-state index is -0.922. The lowest BCUT2D eigenvalue weighted by molar-refractivity contribution is -0.232. The Morgan fingerprint density at radius 1 is 0.941 bits per heavy atom. The van der Waals surface area contributed by atoms with Gasteiger partial charge < -0.3 is 15.3 Å². The fourth-order valence-electron chi connectivity index (χ4n) is 9.99. The van der Waals surface area contributed by atoms with E-state index in [9.17, 15) is 20.1 Å². The van der Waals surface area contributed by atoms with Crippen LogP contribution in [0.5, 0.6) is 0 Å². The van der Waals surface area contributed by atoms with Crippen molar-refractivity contribution in [3.8, 4) is 0 Å². The molecule has 4 aliphatic carbocycles. The number of hydrogen-bond acceptors (Lipinski definition) is 4. The maximum Gasteiger partial charge on any atom is 0.138 e. The smallest absolute Gasteiger partial charge is 0.138 e. The van der Waals surface area contributed by atoms with Gasteiger partial charge in [-0.1, -0.05) is 46.8 Å². The lowest BCUT2D eigenvalue weighted by Gasteiger charge is -2.69. The Labute approximate surface area is 207 Å². The molecular weight excluding hydrogens is 424 g/mol. The molecule has 4 saturated carbocycles. The molecule has 9 atom stereocenters. The van der Waals surface area contributed by atoms with Crippen molar-refractivity contribution < 1.29 is 20.1 Å². The van der Waals surface area contributed by atoms with Crippen molar-refractivity contribution in [1.82, 2.24) is 0 Å². The van der Waals surface area contributed by atoms with Crippen LogP contribution in [0.15, 0.2) is 12.2 Å². The fraction of sp³-hybridized carbons (Fsp3) is 0.900. The van der Waals surface area contributed by atoms with Gasteiger partial charge in [0.05, 0.1) is 17.3 Å². The van der Waals surface area contributed by atoms with Crippen LogP contribution in [0.25, 0.3) is 0 Å². The summed E-state index contributed by atoms with van der Waals surface area (Å²) in [6, 6.07) is 0. The maximum absolute atomic E-state index is 12.9. The average molecular weight is 475 g/mol. The van der Waals surface area contributed by atoms with Gasteiger partial charge in [0.15, 0.2) is 0 Å². The van der Waals surface area contributed by atoms with Crippen LogP contribution < -0.4 is 0 Å². The molecule has 0 aromatic carbocycles. The van der Waals surface area contributed by atoms with E-state index >= 15 is 0 Å². The predicted molar refractivity (Wildman–Crippen MR) is 136 cm³/mol. The van der Waals surface area contributed by atoms with Gasteiger partial charge in [-0.25, -0.2) is 0 Å². The molecule has 4 fully saturated rings. The van der Waals surface area contributed by atoms with Crippen LogP contribution in [0.1, 0.15) is 107 Å². The van der Waals surface area contributed by atoms with Crippen LogP contribution in [0, 0.1) is 45.3 Å². The van der Waals surface area contributed by atoms with Crippen molar-refractivity contribution in [3.63, 3.8) is 0 Å². The molecule has 0 saturated heterocycles. The Balaban J connectivity index is 1.66. The first-order valence-electron chi connectivity index (χ1n) is 13.7. The van der Waals surface area contributed by atoms with Crippen LogP contribution in [-0.2, 0) is 4.79 Å². The van der Waals surface area contributed by atoms with E-state index in [0.29, 0.717) is 30.5 Å². The van der Waals surface area contributed by atoms with E-state index in [1.807, 2.05) is 13.0 Å². The molecule has 4 heteroatoms. The van der Waals surface area contributed by atoms with Gasteiger partial charge in [0.2, 0.25) is 0 Å². The first kappa shape index (κ1) is 26.4. The third-order valence-corrected chi connectivity index (χ3v) is 12.0. The molecule has 0 aliphatic heterocycles. The molecule has 0 heterocycles. The number of ketones is 1. The zero-order valence-corrected chi connectivity index (χ0v) is 22.9. The molecular formula is C30H50O4. The van der Waals surface area contributed by atoms with Crippen LogP contribution in [-0.4, -0.2) is 38.4 Å². The minimum absolute atomic E-state index is 0.0339. The lowest BCUT2D eigenvalue weighted by atomic mass is 9.35. The van der Waals surface area contributed by atoms with Crippen molar-refractivity contribution in [2.24, 2.45) is 45.3 Å². The topological polar surface area (TPSA) is 77.8 Å². The van der Waals surface area contributed by atoms with Gasteiger partial charge in [-0.2, -0.15) is 0 Å². The maximum atomic E-state index is 12.9. The van der Waals surface area contributed by atoms with Crippen molar-refractivity contribution in [3.05, 3.63) is 12.2 Å². The van der Waals surface area contributed by atoms with E-state index in [4.69, 9.17) is 0 Å². The Hall–Kier alpha value is -0.710. The van der Waals surface area contributed by atoms with Gasteiger partial charge in [-0.15, -0.1) is 0 Å². The number of carbonyl (C=O) groups excluding carboxylic acids is 1. The Kier molecular flexibility index (Phi) is 6.12. The van der Waals surface area contributed by atoms with Gasteiger partial charge in [0.25, 0.3) is 0 Å². The molecule has 34 heavy (non-hydrogen) atoms. The first-order chi connectivity index (χ1) is 15.4. The minimum Gasteiger partial charge on any atom is -0.393 e. The normalized spacial score (nSPS) is 48.2. The quantitative estimate of drug-likeness (QED) is 0.458. The highest BCUT2D eigenvalue weighted by atomic mass is 16.3. The Bertz CT molecular complexity index is 850. The number of aliphatic hydroxyl groups excluding tert-OH is 1. The van der Waals surface area contributed by atoms with Crippen LogP contribution in [0.3, 0.4) is 0 Å². The summed E-state index contributed by atoms with van der Waals surface area (Å²) in [4.78, 5) is 12.9. The van der Waals surface area contributed by atoms with Gasteiger partial charge in [-0.3, -0.25) is 4.79 Å². The summed E-state index contributed by atoms with van der Waals surface area (Å²) in [5, 5.41) is 33.4. The molecule has 4 aliphatic rings. The van der Waals surface area contributed by atoms with E-state index in [2.05, 4.69) is 34.6 Å². The zero-order chi connectivity index (χ0) is 25.5. The highest BCUT2D eigenvalue weighted by molar-refractivity contribution is 5.85. The van der Waals surface area contributed by atoms with E-state index in [-0.39, 0.29) is 33.5 Å². The Morgan fingerprint density at radius 3 is 2.18 bits per heavy atom. The third-order valence-electron chi connectivity index (χ3n) is 12.0. The van der Waals surface area contributed by atoms with E-state index in [0.717, 1.165) is 38.5 Å². The van der Waals surface area contributed by atoms with Crippen molar-refractivity contribution in [2.75, 3.05) is 0 Å². The van der Waals surface area contributed by atoms with Crippen LogP contribution >= 0.6 is 0 Å². The molecule has 9 unspecified atom stereocenters. The van der Waals surface area contributed by atoms with Gasteiger partial charge >= 0.3 is 0 Å². The summed E-state index contributed by atoms with van der Waals surface area (Å²) in [7, 11) is 0. The predicted octanol–water partition coefficient (Wildman–Crippen LogP) is 5.68. The summed E-state index contributed by atoms with van der Waals surface area (Å²) in [6.45, 7) is 17.0. The van der Waals surface area contributed by atoms with Crippen molar-refractivity contribution in [1.29, 1.82) is 0 Å². The summed E-state index contributed by atoms with van der Waals surface area (Å²) < 4.78 is 0. The van der Waals surface area contributed by atoms with E-state index < -0.39 is 17.3 Å². The summed E-state index contributed by atoms with van der Waals surface area (Å²) in [5.41, 5.74) is -1.99.